The van der Waals surface area contributed by atoms with Gasteiger partial charge in [0, 0.05) is 12.0 Å². The van der Waals surface area contributed by atoms with Gasteiger partial charge < -0.3 is 10.1 Å². The predicted molar refractivity (Wildman–Crippen MR) is 51.0 cm³/mol. The van der Waals surface area contributed by atoms with Gasteiger partial charge in [0.2, 0.25) is 0 Å². The van der Waals surface area contributed by atoms with Crippen LogP contribution in [0.5, 0.6) is 0 Å². The molecule has 1 amide bonds. The predicted octanol–water partition coefficient (Wildman–Crippen LogP) is 0.581. The maximum absolute atomic E-state index is 11.2. The lowest BCUT2D eigenvalue weighted by atomic mass is 9.63. The highest BCUT2D eigenvalue weighted by Gasteiger charge is 2.59. The zero-order valence-electron chi connectivity index (χ0n) is 8.51. The quantitative estimate of drug-likeness (QED) is 0.616. The summed E-state index contributed by atoms with van der Waals surface area (Å²) >= 11 is 0. The molecule has 0 aromatic heterocycles. The molecule has 0 radical (unpaired) electrons. The van der Waals surface area contributed by atoms with E-state index >= 15 is 0 Å². The van der Waals surface area contributed by atoms with Crippen LogP contribution < -0.4 is 5.32 Å². The van der Waals surface area contributed by atoms with Crippen LogP contribution in [0.15, 0.2) is 0 Å². The van der Waals surface area contributed by atoms with Crippen LogP contribution in [0.3, 0.4) is 0 Å². The Labute approximate surface area is 83.6 Å². The standard InChI is InChI=1S/C10H16N2O2/c1-9-2-4-12(5-3-9)7-10(9)6-11-8(13)14-10/h2-7H2,1H3,(H,11,13). The van der Waals surface area contributed by atoms with E-state index in [9.17, 15) is 4.79 Å². The van der Waals surface area contributed by atoms with Crippen molar-refractivity contribution in [3.05, 3.63) is 0 Å². The van der Waals surface area contributed by atoms with Crippen LogP contribution in [0.25, 0.3) is 0 Å². The summed E-state index contributed by atoms with van der Waals surface area (Å²) in [7, 11) is 0. The number of amides is 1. The number of fused-ring (bicyclic) bond motifs is 2. The van der Waals surface area contributed by atoms with Crippen molar-refractivity contribution in [1.82, 2.24) is 10.2 Å². The lowest BCUT2D eigenvalue weighted by molar-refractivity contribution is -0.143. The Bertz CT molecular complexity index is 284. The van der Waals surface area contributed by atoms with Crippen LogP contribution >= 0.6 is 0 Å². The molecular formula is C10H16N2O2. The summed E-state index contributed by atoms with van der Waals surface area (Å²) in [5, 5.41) is 2.80. The van der Waals surface area contributed by atoms with Gasteiger partial charge >= 0.3 is 6.09 Å². The number of carbonyl (C=O) groups excluding carboxylic acids is 1. The van der Waals surface area contributed by atoms with Crippen molar-refractivity contribution in [2.75, 3.05) is 26.2 Å². The highest BCUT2D eigenvalue weighted by molar-refractivity contribution is 5.70. The van der Waals surface area contributed by atoms with Gasteiger partial charge in [0.1, 0.15) is 5.60 Å². The second-order valence-electron chi connectivity index (χ2n) is 5.07. The summed E-state index contributed by atoms with van der Waals surface area (Å²) in [5.74, 6) is 0. The first-order valence-corrected chi connectivity index (χ1v) is 5.33. The largest absolute Gasteiger partial charge is 0.439 e. The molecule has 4 fully saturated rings. The molecule has 0 aromatic rings. The van der Waals surface area contributed by atoms with Crippen molar-refractivity contribution in [2.45, 2.75) is 25.4 Å². The van der Waals surface area contributed by atoms with Crippen molar-refractivity contribution in [2.24, 2.45) is 5.41 Å². The van der Waals surface area contributed by atoms with Crippen molar-refractivity contribution in [3.8, 4) is 0 Å². The highest BCUT2D eigenvalue weighted by Crippen LogP contribution is 2.49. The first kappa shape index (κ1) is 8.53. The van der Waals surface area contributed by atoms with E-state index in [1.165, 1.54) is 0 Å². The second-order valence-corrected chi connectivity index (χ2v) is 5.07. The Balaban J connectivity index is 1.96. The molecule has 4 aliphatic rings. The topological polar surface area (TPSA) is 41.6 Å². The number of carbonyl (C=O) groups is 1. The average Bonchev–Trinajstić information content (AvgIpc) is 2.52. The third kappa shape index (κ3) is 0.895. The van der Waals surface area contributed by atoms with Gasteiger partial charge in [0.05, 0.1) is 6.54 Å². The highest BCUT2D eigenvalue weighted by atomic mass is 16.6. The Morgan fingerprint density at radius 3 is 2.64 bits per heavy atom. The van der Waals surface area contributed by atoms with E-state index in [-0.39, 0.29) is 17.1 Å². The molecule has 2 bridgehead atoms. The van der Waals surface area contributed by atoms with Crippen LogP contribution in [-0.2, 0) is 4.74 Å². The van der Waals surface area contributed by atoms with Gasteiger partial charge in [-0.1, -0.05) is 6.92 Å². The van der Waals surface area contributed by atoms with Crippen molar-refractivity contribution >= 4 is 6.09 Å². The summed E-state index contributed by atoms with van der Waals surface area (Å²) in [6.07, 6.45) is 2.07. The lowest BCUT2D eigenvalue weighted by Crippen LogP contribution is -2.66. The number of hydrogen-bond donors (Lipinski definition) is 1. The number of nitrogens with one attached hydrogen (secondary N) is 1. The maximum atomic E-state index is 11.2. The third-order valence-corrected chi connectivity index (χ3v) is 4.34. The Hall–Kier alpha value is -0.770. The number of hydrogen-bond acceptors (Lipinski definition) is 3. The lowest BCUT2D eigenvalue weighted by Gasteiger charge is -2.56. The van der Waals surface area contributed by atoms with E-state index in [0.717, 1.165) is 32.5 Å². The second kappa shape index (κ2) is 2.42. The molecule has 0 aromatic carbocycles. The Kier molecular flexibility index (Phi) is 1.48. The van der Waals surface area contributed by atoms with Gasteiger partial charge in [0.25, 0.3) is 0 Å². The number of piperidine rings is 3. The normalized spacial score (nSPS) is 50.6. The zero-order valence-corrected chi connectivity index (χ0v) is 8.51. The van der Waals surface area contributed by atoms with E-state index in [1.54, 1.807) is 0 Å². The third-order valence-electron chi connectivity index (χ3n) is 4.34. The fraction of sp³-hybridized carbons (Fsp3) is 0.900. The summed E-state index contributed by atoms with van der Waals surface area (Å²) < 4.78 is 5.54. The molecule has 1 atom stereocenters. The average molecular weight is 196 g/mol. The van der Waals surface area contributed by atoms with E-state index in [4.69, 9.17) is 4.74 Å². The minimum Gasteiger partial charge on any atom is -0.439 e. The van der Waals surface area contributed by atoms with Crippen molar-refractivity contribution < 1.29 is 9.53 Å². The minimum atomic E-state index is -0.236. The molecule has 1 unspecified atom stereocenters. The van der Waals surface area contributed by atoms with Crippen molar-refractivity contribution in [3.63, 3.8) is 0 Å². The fourth-order valence-electron chi connectivity index (χ4n) is 3.10. The number of ether oxygens (including phenoxy) is 1. The van der Waals surface area contributed by atoms with Crippen LogP contribution in [0.4, 0.5) is 4.79 Å². The minimum absolute atomic E-state index is 0.195. The first-order valence-electron chi connectivity index (χ1n) is 5.33. The van der Waals surface area contributed by atoms with E-state index < -0.39 is 0 Å². The molecule has 4 rings (SSSR count). The summed E-state index contributed by atoms with van der Waals surface area (Å²) in [6.45, 7) is 6.20. The van der Waals surface area contributed by atoms with Gasteiger partial charge in [-0.25, -0.2) is 4.79 Å². The molecule has 4 heterocycles. The number of rotatable bonds is 0. The molecule has 4 nitrogen and oxygen atoms in total. The molecule has 14 heavy (non-hydrogen) atoms. The Morgan fingerprint density at radius 2 is 2.14 bits per heavy atom. The molecule has 1 N–H and O–H groups in total. The molecule has 0 aliphatic carbocycles. The molecule has 1 spiro atoms. The molecule has 4 heteroatoms. The molecule has 78 valence electrons. The van der Waals surface area contributed by atoms with E-state index in [0.29, 0.717) is 6.54 Å². The molecular weight excluding hydrogens is 180 g/mol. The van der Waals surface area contributed by atoms with Gasteiger partial charge in [0.15, 0.2) is 0 Å². The van der Waals surface area contributed by atoms with Crippen LogP contribution in [0.2, 0.25) is 0 Å². The van der Waals surface area contributed by atoms with Gasteiger partial charge in [-0.15, -0.1) is 0 Å². The van der Waals surface area contributed by atoms with Crippen LogP contribution in [-0.4, -0.2) is 42.8 Å². The monoisotopic (exact) mass is 196 g/mol. The SMILES string of the molecule is CC12CCN(CC1)CC21CNC(=O)O1. The van der Waals surface area contributed by atoms with Crippen molar-refractivity contribution in [1.29, 1.82) is 0 Å². The first-order chi connectivity index (χ1) is 6.64. The zero-order chi connectivity index (χ0) is 9.81. The number of alkyl carbamates (subject to hydrolysis) is 1. The van der Waals surface area contributed by atoms with E-state index in [1.807, 2.05) is 0 Å². The molecule has 0 saturated carbocycles. The fourth-order valence-corrected chi connectivity index (χ4v) is 3.10. The molecule has 4 aliphatic heterocycles. The summed E-state index contributed by atoms with van der Waals surface area (Å²) in [4.78, 5) is 13.6. The van der Waals surface area contributed by atoms with Crippen LogP contribution in [0.1, 0.15) is 19.8 Å². The Morgan fingerprint density at radius 1 is 1.43 bits per heavy atom. The summed E-state index contributed by atoms with van der Waals surface area (Å²) in [5.41, 5.74) is -0.0402. The number of nitrogens with zero attached hydrogens (tertiary/aromatic N) is 1. The maximum Gasteiger partial charge on any atom is 0.407 e. The van der Waals surface area contributed by atoms with Crippen LogP contribution in [0, 0.1) is 5.41 Å². The summed E-state index contributed by atoms with van der Waals surface area (Å²) in [6, 6.07) is 0. The van der Waals surface area contributed by atoms with Gasteiger partial charge in [-0.2, -0.15) is 0 Å². The van der Waals surface area contributed by atoms with Gasteiger partial charge in [-0.3, -0.25) is 4.90 Å². The smallest absolute Gasteiger partial charge is 0.407 e. The van der Waals surface area contributed by atoms with Gasteiger partial charge in [-0.05, 0) is 25.9 Å². The van der Waals surface area contributed by atoms with E-state index in [2.05, 4.69) is 17.1 Å². The molecule has 4 saturated heterocycles.